The van der Waals surface area contributed by atoms with E-state index in [1.54, 1.807) is 0 Å². The summed E-state index contributed by atoms with van der Waals surface area (Å²) in [5.41, 5.74) is -5.79. The Morgan fingerprint density at radius 1 is 1.15 bits per heavy atom. The summed E-state index contributed by atoms with van der Waals surface area (Å²) in [5, 5.41) is 12.6. The molecule has 0 unspecified atom stereocenters. The molecule has 0 N–H and O–H groups in total. The lowest BCUT2D eigenvalue weighted by Gasteiger charge is -2.13. The number of halogens is 3. The van der Waals surface area contributed by atoms with Crippen LogP contribution in [0.3, 0.4) is 0 Å². The molecule has 2 rings (SSSR count). The van der Waals surface area contributed by atoms with Crippen LogP contribution < -0.4 is 9.84 Å². The van der Waals surface area contributed by atoms with E-state index in [2.05, 4.69) is 11.0 Å². The van der Waals surface area contributed by atoms with Crippen LogP contribution >= 0.6 is 0 Å². The highest BCUT2D eigenvalue weighted by Crippen LogP contribution is 2.26. The van der Waals surface area contributed by atoms with Crippen LogP contribution in [0.1, 0.15) is 12.5 Å². The maximum absolute atomic E-state index is 12.3. The van der Waals surface area contributed by atoms with Gasteiger partial charge >= 0.3 is 21.5 Å². The molecule has 0 aromatic heterocycles. The smallest absolute Gasteiger partial charge is 0.518 e. The van der Waals surface area contributed by atoms with E-state index in [4.69, 9.17) is 4.74 Å². The van der Waals surface area contributed by atoms with E-state index in [1.165, 1.54) is 37.3 Å². The summed E-state index contributed by atoms with van der Waals surface area (Å²) < 4.78 is 66.0. The lowest BCUT2D eigenvalue weighted by Crippen LogP contribution is -2.27. The minimum absolute atomic E-state index is 0.193. The fraction of sp³-hybridized carbons (Fsp3) is 0.125. The molecule has 0 saturated carbocycles. The summed E-state index contributed by atoms with van der Waals surface area (Å²) in [6, 6.07) is 7.97. The van der Waals surface area contributed by atoms with Gasteiger partial charge in [-0.1, -0.05) is 24.8 Å². The van der Waals surface area contributed by atoms with Crippen molar-refractivity contribution in [1.29, 1.82) is 0 Å². The predicted molar refractivity (Wildman–Crippen MR) is 85.9 cm³/mol. The summed E-state index contributed by atoms with van der Waals surface area (Å²) in [7, 11) is -5.92. The maximum atomic E-state index is 12.3. The normalized spacial score (nSPS) is 12.8. The molecule has 10 heteroatoms. The van der Waals surface area contributed by atoms with Crippen molar-refractivity contribution in [2.24, 2.45) is 4.40 Å². The number of esters is 1. The van der Waals surface area contributed by atoms with E-state index in [0.29, 0.717) is 10.8 Å². The average molecular weight is 386 g/mol. The fourth-order valence-electron chi connectivity index (χ4n) is 1.83. The zero-order valence-electron chi connectivity index (χ0n) is 13.2. The molecule has 0 aliphatic rings. The molecular formula is C16H11F3NO5S-. The zero-order valence-corrected chi connectivity index (χ0v) is 14.0. The van der Waals surface area contributed by atoms with Crippen molar-refractivity contribution in [2.45, 2.75) is 12.4 Å². The number of nitrogens with zero attached hydrogens (tertiary/aromatic N) is 1. The third kappa shape index (κ3) is 4.20. The Labute approximate surface area is 146 Å². The van der Waals surface area contributed by atoms with Crippen molar-refractivity contribution in [3.8, 4) is 5.75 Å². The molecule has 0 aliphatic heterocycles. The number of hydrogen-bond donors (Lipinski definition) is 0. The Bertz CT molecular complexity index is 1030. The molecule has 0 spiro atoms. The van der Waals surface area contributed by atoms with Crippen LogP contribution in [-0.2, 0) is 14.8 Å². The van der Waals surface area contributed by atoms with E-state index in [0.717, 1.165) is 6.07 Å². The average Bonchev–Trinajstić information content (AvgIpc) is 2.52. The second kappa shape index (κ2) is 6.79. The molecule has 0 bridgehead atoms. The van der Waals surface area contributed by atoms with Crippen molar-refractivity contribution >= 4 is 32.7 Å². The summed E-state index contributed by atoms with van der Waals surface area (Å²) in [6.45, 7) is 4.91. The second-order valence-electron chi connectivity index (χ2n) is 5.21. The predicted octanol–water partition coefficient (Wildman–Crippen LogP) is 2.28. The van der Waals surface area contributed by atoms with Crippen molar-refractivity contribution in [3.63, 3.8) is 0 Å². The van der Waals surface area contributed by atoms with Gasteiger partial charge in [0.05, 0.1) is 0 Å². The van der Waals surface area contributed by atoms with Gasteiger partial charge in [-0.25, -0.2) is 4.79 Å². The highest BCUT2D eigenvalue weighted by atomic mass is 32.2. The number of alkyl halides is 3. The highest BCUT2D eigenvalue weighted by Gasteiger charge is 2.45. The highest BCUT2D eigenvalue weighted by molar-refractivity contribution is 7.91. The molecule has 26 heavy (non-hydrogen) atoms. The molecule has 2 aromatic carbocycles. The number of carbonyl (C=O) groups is 1. The molecule has 6 nitrogen and oxygen atoms in total. The van der Waals surface area contributed by atoms with Gasteiger partial charge < -0.3 is 9.84 Å². The van der Waals surface area contributed by atoms with Gasteiger partial charge in [0.2, 0.25) is 0 Å². The first kappa shape index (κ1) is 19.4. The number of sulfonamides is 1. The maximum Gasteiger partial charge on any atom is 0.518 e. The van der Waals surface area contributed by atoms with E-state index in [-0.39, 0.29) is 16.9 Å². The van der Waals surface area contributed by atoms with Crippen LogP contribution in [0.2, 0.25) is 0 Å². The van der Waals surface area contributed by atoms with E-state index in [1.807, 2.05) is 0 Å². The number of ether oxygens (including phenoxy) is 1. The molecule has 0 saturated heterocycles. The summed E-state index contributed by atoms with van der Waals surface area (Å²) in [6.07, 6.45) is 0. The molecule has 138 valence electrons. The molecule has 0 atom stereocenters. The van der Waals surface area contributed by atoms with E-state index >= 15 is 0 Å². The zero-order chi connectivity index (χ0) is 19.7. The standard InChI is InChI=1S/C16H12F3NO5S/c1-9(2)15(22)25-13-6-5-10-7-12(4-3-11(10)8-13)14(21)20-26(23,24)16(17,18)19/h3-8H,1H2,2H3,(H,20,21)/p-1. The Balaban J connectivity index is 2.38. The summed E-state index contributed by atoms with van der Waals surface area (Å²) in [4.78, 5) is 11.5. The number of rotatable bonds is 4. The van der Waals surface area contributed by atoms with Gasteiger partial charge in [-0.3, -0.25) is 0 Å². The lowest BCUT2D eigenvalue weighted by atomic mass is 10.1. The molecular weight excluding hydrogens is 375 g/mol. The van der Waals surface area contributed by atoms with Gasteiger partial charge in [0.15, 0.2) is 0 Å². The lowest BCUT2D eigenvalue weighted by molar-refractivity contribution is -0.212. The van der Waals surface area contributed by atoms with Crippen LogP contribution in [0, 0.1) is 0 Å². The molecule has 2 aromatic rings. The Kier molecular flexibility index (Phi) is 5.08. The third-order valence-corrected chi connectivity index (χ3v) is 4.10. The quantitative estimate of drug-likeness (QED) is 0.264. The SMILES string of the molecule is C=C(C)C(=O)Oc1ccc2cc(C([O-])=NS(=O)(=O)C(F)(F)F)ccc2c1. The van der Waals surface area contributed by atoms with Crippen molar-refractivity contribution in [2.75, 3.05) is 0 Å². The fourth-order valence-corrected chi connectivity index (χ4v) is 2.26. The Hall–Kier alpha value is -2.88. The van der Waals surface area contributed by atoms with Crippen LogP contribution in [0.4, 0.5) is 13.2 Å². The number of hydrogen-bond acceptors (Lipinski definition) is 5. The first-order valence-electron chi connectivity index (χ1n) is 6.91. The summed E-state index contributed by atoms with van der Waals surface area (Å²) in [5.74, 6) is -1.97. The minimum atomic E-state index is -5.92. The van der Waals surface area contributed by atoms with Crippen molar-refractivity contribution in [1.82, 2.24) is 0 Å². The van der Waals surface area contributed by atoms with Gasteiger partial charge in [0.1, 0.15) is 5.75 Å². The molecule has 0 heterocycles. The second-order valence-corrected chi connectivity index (χ2v) is 6.81. The molecule has 0 amide bonds. The van der Waals surface area contributed by atoms with Crippen LogP contribution in [-0.4, -0.2) is 25.8 Å². The van der Waals surface area contributed by atoms with Gasteiger partial charge in [-0.05, 0) is 41.5 Å². The van der Waals surface area contributed by atoms with Crippen molar-refractivity contribution < 1.29 is 36.2 Å². The largest absolute Gasteiger partial charge is 0.858 e. The van der Waals surface area contributed by atoms with Gasteiger partial charge in [-0.2, -0.15) is 26.0 Å². The monoisotopic (exact) mass is 386 g/mol. The van der Waals surface area contributed by atoms with Gasteiger partial charge in [0, 0.05) is 11.5 Å². The third-order valence-electron chi connectivity index (χ3n) is 3.11. The number of carbonyl (C=O) groups excluding carboxylic acids is 1. The minimum Gasteiger partial charge on any atom is -0.858 e. The van der Waals surface area contributed by atoms with Crippen molar-refractivity contribution in [3.05, 3.63) is 54.1 Å². The first-order chi connectivity index (χ1) is 11.9. The summed E-state index contributed by atoms with van der Waals surface area (Å²) >= 11 is 0. The molecule has 0 radical (unpaired) electrons. The number of fused-ring (bicyclic) bond motifs is 1. The first-order valence-corrected chi connectivity index (χ1v) is 8.35. The Morgan fingerprint density at radius 2 is 1.73 bits per heavy atom. The topological polar surface area (TPSA) is 95.9 Å². The van der Waals surface area contributed by atoms with E-state index < -0.39 is 27.4 Å². The number of benzene rings is 2. The van der Waals surface area contributed by atoms with E-state index in [9.17, 15) is 31.5 Å². The van der Waals surface area contributed by atoms with Crippen LogP contribution in [0.5, 0.6) is 5.75 Å². The van der Waals surface area contributed by atoms with Gasteiger partial charge in [-0.15, -0.1) is 0 Å². The Morgan fingerprint density at radius 3 is 2.31 bits per heavy atom. The van der Waals surface area contributed by atoms with Gasteiger partial charge in [0.25, 0.3) is 0 Å². The van der Waals surface area contributed by atoms with Crippen LogP contribution in [0.25, 0.3) is 10.8 Å². The molecule has 0 aliphatic carbocycles. The molecule has 0 fully saturated rings. The van der Waals surface area contributed by atoms with Crippen LogP contribution in [0.15, 0.2) is 52.9 Å².